The highest BCUT2D eigenvalue weighted by Crippen LogP contribution is 2.22. The van der Waals surface area contributed by atoms with Crippen LogP contribution in [0.25, 0.3) is 10.9 Å². The fraction of sp³-hybridized carbons (Fsp3) is 0.200. The lowest BCUT2D eigenvalue weighted by molar-refractivity contribution is 1.14. The predicted molar refractivity (Wildman–Crippen MR) is 58.9 cm³/mol. The first-order valence-electron chi connectivity index (χ1n) is 4.32. The molecule has 14 heavy (non-hydrogen) atoms. The summed E-state index contributed by atoms with van der Waals surface area (Å²) in [7, 11) is 0. The van der Waals surface area contributed by atoms with Crippen molar-refractivity contribution in [3.05, 3.63) is 34.2 Å². The molecule has 0 radical (unpaired) electrons. The van der Waals surface area contributed by atoms with Crippen LogP contribution in [0.3, 0.4) is 0 Å². The van der Waals surface area contributed by atoms with Crippen molar-refractivity contribution in [1.82, 2.24) is 9.97 Å². The topological polar surface area (TPSA) is 25.8 Å². The second-order valence-electron chi connectivity index (χ2n) is 2.99. The summed E-state index contributed by atoms with van der Waals surface area (Å²) in [5.41, 5.74) is 2.01. The first-order valence-corrected chi connectivity index (χ1v) is 5.08. The summed E-state index contributed by atoms with van der Waals surface area (Å²) in [6.45, 7) is 2.09. The fourth-order valence-corrected chi connectivity index (χ4v) is 1.79. The molecule has 1 aromatic heterocycles. The van der Waals surface area contributed by atoms with Gasteiger partial charge < -0.3 is 0 Å². The number of fused-ring (bicyclic) bond motifs is 1. The third-order valence-electron chi connectivity index (χ3n) is 2.10. The summed E-state index contributed by atoms with van der Waals surface area (Å²) in [6.07, 6.45) is 0.967. The molecule has 2 rings (SSSR count). The molecule has 2 aromatic rings. The van der Waals surface area contributed by atoms with E-state index < -0.39 is 0 Å². The maximum Gasteiger partial charge on any atom is 0.224 e. The molecule has 4 heteroatoms. The SMILES string of the molecule is CCc1ccc2c(Cl)nc(Cl)nc2c1. The first kappa shape index (κ1) is 9.69. The van der Waals surface area contributed by atoms with Crippen molar-refractivity contribution in [1.29, 1.82) is 0 Å². The number of aryl methyl sites for hydroxylation is 1. The number of nitrogens with zero attached hydrogens (tertiary/aromatic N) is 2. The zero-order chi connectivity index (χ0) is 10.1. The zero-order valence-corrected chi connectivity index (χ0v) is 9.10. The second kappa shape index (κ2) is 3.71. The van der Waals surface area contributed by atoms with Crippen LogP contribution in [0.2, 0.25) is 10.4 Å². The molecule has 0 aliphatic carbocycles. The molecule has 0 unspecified atom stereocenters. The van der Waals surface area contributed by atoms with E-state index in [0.717, 1.165) is 17.3 Å². The van der Waals surface area contributed by atoms with E-state index in [2.05, 4.69) is 16.9 Å². The molecule has 0 atom stereocenters. The van der Waals surface area contributed by atoms with Crippen molar-refractivity contribution >= 4 is 34.1 Å². The molecule has 0 bridgehead atoms. The standard InChI is InChI=1S/C10H8Cl2N2/c1-2-6-3-4-7-8(5-6)13-10(12)14-9(7)11/h3-5H,2H2,1H3. The Morgan fingerprint density at radius 3 is 2.71 bits per heavy atom. The molecule has 0 aliphatic heterocycles. The van der Waals surface area contributed by atoms with Crippen LogP contribution in [-0.2, 0) is 6.42 Å². The third-order valence-corrected chi connectivity index (χ3v) is 2.55. The zero-order valence-electron chi connectivity index (χ0n) is 7.59. The Bertz CT molecular complexity index is 483. The Kier molecular flexibility index (Phi) is 2.57. The van der Waals surface area contributed by atoms with Crippen LogP contribution < -0.4 is 0 Å². The van der Waals surface area contributed by atoms with Gasteiger partial charge in [-0.05, 0) is 35.7 Å². The van der Waals surface area contributed by atoms with Crippen molar-refractivity contribution < 1.29 is 0 Å². The van der Waals surface area contributed by atoms with E-state index in [0.29, 0.717) is 5.15 Å². The van der Waals surface area contributed by atoms with Crippen molar-refractivity contribution in [2.75, 3.05) is 0 Å². The number of rotatable bonds is 1. The second-order valence-corrected chi connectivity index (χ2v) is 3.68. The van der Waals surface area contributed by atoms with Gasteiger partial charge in [0.1, 0.15) is 5.15 Å². The monoisotopic (exact) mass is 226 g/mol. The predicted octanol–water partition coefficient (Wildman–Crippen LogP) is 3.50. The summed E-state index contributed by atoms with van der Waals surface area (Å²) in [5.74, 6) is 0. The fourth-order valence-electron chi connectivity index (χ4n) is 1.33. The van der Waals surface area contributed by atoms with Crippen molar-refractivity contribution in [2.45, 2.75) is 13.3 Å². The van der Waals surface area contributed by atoms with Gasteiger partial charge in [0.25, 0.3) is 0 Å². The van der Waals surface area contributed by atoms with Crippen LogP contribution in [0.5, 0.6) is 0 Å². The number of halogens is 2. The normalized spacial score (nSPS) is 10.8. The van der Waals surface area contributed by atoms with E-state index >= 15 is 0 Å². The van der Waals surface area contributed by atoms with E-state index in [-0.39, 0.29) is 5.28 Å². The highest BCUT2D eigenvalue weighted by Gasteiger charge is 2.04. The lowest BCUT2D eigenvalue weighted by Crippen LogP contribution is -1.88. The Morgan fingerprint density at radius 2 is 2.00 bits per heavy atom. The van der Waals surface area contributed by atoms with Crippen molar-refractivity contribution in [3.63, 3.8) is 0 Å². The van der Waals surface area contributed by atoms with Gasteiger partial charge in [-0.25, -0.2) is 9.97 Å². The van der Waals surface area contributed by atoms with Gasteiger partial charge in [-0.3, -0.25) is 0 Å². The summed E-state index contributed by atoms with van der Waals surface area (Å²) >= 11 is 11.6. The van der Waals surface area contributed by atoms with Gasteiger partial charge in [0.15, 0.2) is 0 Å². The van der Waals surface area contributed by atoms with Crippen molar-refractivity contribution in [3.8, 4) is 0 Å². The molecule has 0 fully saturated rings. The van der Waals surface area contributed by atoms with E-state index in [1.54, 1.807) is 0 Å². The molecule has 1 aromatic carbocycles. The van der Waals surface area contributed by atoms with Gasteiger partial charge in [-0.1, -0.05) is 24.6 Å². The van der Waals surface area contributed by atoms with Crippen LogP contribution in [0.1, 0.15) is 12.5 Å². The molecule has 0 amide bonds. The molecule has 0 spiro atoms. The average Bonchev–Trinajstić information content (AvgIpc) is 2.16. The molecule has 0 aliphatic rings. The van der Waals surface area contributed by atoms with E-state index in [4.69, 9.17) is 23.2 Å². The van der Waals surface area contributed by atoms with Crippen LogP contribution in [-0.4, -0.2) is 9.97 Å². The molecular formula is C10H8Cl2N2. The van der Waals surface area contributed by atoms with Gasteiger partial charge in [0.2, 0.25) is 5.28 Å². The lowest BCUT2D eigenvalue weighted by atomic mass is 10.1. The van der Waals surface area contributed by atoms with Gasteiger partial charge in [0.05, 0.1) is 5.52 Å². The molecule has 0 saturated heterocycles. The minimum Gasteiger partial charge on any atom is -0.218 e. The minimum atomic E-state index is 0.191. The van der Waals surface area contributed by atoms with Gasteiger partial charge in [0, 0.05) is 5.39 Å². The Balaban J connectivity index is 2.75. The van der Waals surface area contributed by atoms with Gasteiger partial charge >= 0.3 is 0 Å². The Labute approximate surface area is 91.9 Å². The number of hydrogen-bond donors (Lipinski definition) is 0. The summed E-state index contributed by atoms with van der Waals surface area (Å²) < 4.78 is 0. The first-order chi connectivity index (χ1) is 6.70. The molecule has 1 heterocycles. The molecular weight excluding hydrogens is 219 g/mol. The number of hydrogen-bond acceptors (Lipinski definition) is 2. The average molecular weight is 227 g/mol. The van der Waals surface area contributed by atoms with Gasteiger partial charge in [-0.15, -0.1) is 0 Å². The Morgan fingerprint density at radius 1 is 1.21 bits per heavy atom. The molecule has 2 nitrogen and oxygen atoms in total. The van der Waals surface area contributed by atoms with Crippen LogP contribution in [0, 0.1) is 0 Å². The summed E-state index contributed by atoms with van der Waals surface area (Å²) in [5, 5.41) is 1.44. The Hall–Kier alpha value is -0.860. The number of benzene rings is 1. The summed E-state index contributed by atoms with van der Waals surface area (Å²) in [4.78, 5) is 7.99. The quantitative estimate of drug-likeness (QED) is 0.550. The van der Waals surface area contributed by atoms with Crippen LogP contribution >= 0.6 is 23.2 Å². The van der Waals surface area contributed by atoms with E-state index in [1.807, 2.05) is 18.2 Å². The maximum atomic E-state index is 5.92. The molecule has 0 N–H and O–H groups in total. The van der Waals surface area contributed by atoms with Gasteiger partial charge in [-0.2, -0.15) is 0 Å². The van der Waals surface area contributed by atoms with Crippen LogP contribution in [0.15, 0.2) is 18.2 Å². The highest BCUT2D eigenvalue weighted by atomic mass is 35.5. The smallest absolute Gasteiger partial charge is 0.218 e. The highest BCUT2D eigenvalue weighted by molar-refractivity contribution is 6.35. The van der Waals surface area contributed by atoms with E-state index in [1.165, 1.54) is 5.56 Å². The maximum absolute atomic E-state index is 5.92. The molecule has 0 saturated carbocycles. The van der Waals surface area contributed by atoms with Crippen LogP contribution in [0.4, 0.5) is 0 Å². The molecule has 72 valence electrons. The van der Waals surface area contributed by atoms with Crippen molar-refractivity contribution in [2.24, 2.45) is 0 Å². The number of aromatic nitrogens is 2. The minimum absolute atomic E-state index is 0.191. The largest absolute Gasteiger partial charge is 0.224 e. The summed E-state index contributed by atoms with van der Waals surface area (Å²) in [6, 6.07) is 5.92. The van der Waals surface area contributed by atoms with E-state index in [9.17, 15) is 0 Å². The lowest BCUT2D eigenvalue weighted by Gasteiger charge is -2.02. The third kappa shape index (κ3) is 1.68.